The first kappa shape index (κ1) is 17.7. The van der Waals surface area contributed by atoms with Crippen LogP contribution in [0.3, 0.4) is 0 Å². The average Bonchev–Trinajstić information content (AvgIpc) is 3.01. The van der Waals surface area contributed by atoms with Crippen LogP contribution in [-0.4, -0.2) is 21.6 Å². The summed E-state index contributed by atoms with van der Waals surface area (Å²) in [7, 11) is 0. The molecule has 1 aliphatic carbocycles. The van der Waals surface area contributed by atoms with Gasteiger partial charge in [-0.3, -0.25) is 4.79 Å². The Hall–Kier alpha value is -2.16. The Morgan fingerprint density at radius 3 is 2.56 bits per heavy atom. The number of hydrogen-bond donors (Lipinski definition) is 1. The van der Waals surface area contributed by atoms with Gasteiger partial charge in [0, 0.05) is 16.9 Å². The molecule has 9 heteroatoms. The van der Waals surface area contributed by atoms with E-state index in [2.05, 4.69) is 15.3 Å². The molecule has 0 unspecified atom stereocenters. The molecule has 2 aromatic rings. The van der Waals surface area contributed by atoms with Crippen molar-refractivity contribution >= 4 is 23.4 Å². The number of halogens is 4. The van der Waals surface area contributed by atoms with Gasteiger partial charge in [0.2, 0.25) is 5.91 Å². The second-order valence-electron chi connectivity index (χ2n) is 5.48. The van der Waals surface area contributed by atoms with Gasteiger partial charge in [-0.05, 0) is 43.5 Å². The van der Waals surface area contributed by atoms with Gasteiger partial charge < -0.3 is 5.32 Å². The summed E-state index contributed by atoms with van der Waals surface area (Å²) in [5, 5.41) is 2.46. The smallest absolute Gasteiger partial charge is 0.325 e. The van der Waals surface area contributed by atoms with Crippen LogP contribution in [0.5, 0.6) is 0 Å². The number of fused-ring (bicyclic) bond motifs is 1. The largest absolute Gasteiger partial charge is 0.433 e. The normalized spacial score (nSPS) is 13.6. The number of hydrogen-bond acceptors (Lipinski definition) is 4. The predicted octanol–water partition coefficient (Wildman–Crippen LogP) is 3.85. The van der Waals surface area contributed by atoms with Crippen molar-refractivity contribution in [3.05, 3.63) is 47.0 Å². The van der Waals surface area contributed by atoms with Crippen molar-refractivity contribution in [2.24, 2.45) is 0 Å². The standard InChI is InChI=1S/C16H13F4N3OS/c17-9-4-6-10(7-5-9)21-13(24)8-25-15-22-12-3-1-2-11(12)14(23-15)16(18,19)20/h4-7H,1-3,8H2,(H,21,24). The monoisotopic (exact) mass is 371 g/mol. The fourth-order valence-electron chi connectivity index (χ4n) is 2.57. The first-order valence-electron chi connectivity index (χ1n) is 7.48. The Bertz CT molecular complexity index is 793. The molecule has 0 saturated heterocycles. The van der Waals surface area contributed by atoms with E-state index >= 15 is 0 Å². The van der Waals surface area contributed by atoms with Crippen LogP contribution < -0.4 is 5.32 Å². The molecule has 0 aliphatic heterocycles. The first-order chi connectivity index (χ1) is 11.8. The molecule has 0 saturated carbocycles. The zero-order valence-electron chi connectivity index (χ0n) is 12.9. The number of nitrogens with one attached hydrogen (secondary N) is 1. The number of carbonyl (C=O) groups is 1. The van der Waals surface area contributed by atoms with Crippen molar-refractivity contribution in [2.75, 3.05) is 11.1 Å². The third kappa shape index (κ3) is 4.28. The lowest BCUT2D eigenvalue weighted by molar-refractivity contribution is -0.142. The molecule has 0 atom stereocenters. The summed E-state index contributed by atoms with van der Waals surface area (Å²) >= 11 is 0.839. The highest BCUT2D eigenvalue weighted by Crippen LogP contribution is 2.36. The zero-order valence-corrected chi connectivity index (χ0v) is 13.7. The number of carbonyl (C=O) groups excluding carboxylic acids is 1. The molecule has 1 heterocycles. The minimum absolute atomic E-state index is 0.0674. The summed E-state index contributed by atoms with van der Waals surface area (Å²) < 4.78 is 52.2. The SMILES string of the molecule is O=C(CSc1nc2c(c(C(F)(F)F)n1)CCC2)Nc1ccc(F)cc1. The van der Waals surface area contributed by atoms with Crippen LogP contribution in [0, 0.1) is 5.82 Å². The lowest BCUT2D eigenvalue weighted by Crippen LogP contribution is -2.16. The highest BCUT2D eigenvalue weighted by atomic mass is 32.2. The van der Waals surface area contributed by atoms with E-state index in [1.165, 1.54) is 24.3 Å². The van der Waals surface area contributed by atoms with E-state index in [4.69, 9.17) is 0 Å². The number of anilines is 1. The summed E-state index contributed by atoms with van der Waals surface area (Å²) in [6.07, 6.45) is -3.12. The quantitative estimate of drug-likeness (QED) is 0.504. The van der Waals surface area contributed by atoms with Crippen molar-refractivity contribution in [3.63, 3.8) is 0 Å². The minimum atomic E-state index is -4.54. The van der Waals surface area contributed by atoms with E-state index in [0.717, 1.165) is 11.8 Å². The summed E-state index contributed by atoms with van der Waals surface area (Å²) in [5.41, 5.74) is 0.0608. The van der Waals surface area contributed by atoms with E-state index < -0.39 is 23.6 Å². The topological polar surface area (TPSA) is 54.9 Å². The van der Waals surface area contributed by atoms with Crippen LogP contribution >= 0.6 is 11.8 Å². The van der Waals surface area contributed by atoms with Crippen molar-refractivity contribution in [3.8, 4) is 0 Å². The number of rotatable bonds is 4. The van der Waals surface area contributed by atoms with Gasteiger partial charge in [0.25, 0.3) is 0 Å². The Morgan fingerprint density at radius 1 is 1.16 bits per heavy atom. The second-order valence-corrected chi connectivity index (χ2v) is 6.42. The van der Waals surface area contributed by atoms with Crippen LogP contribution in [-0.2, 0) is 23.8 Å². The van der Waals surface area contributed by atoms with E-state index in [1.54, 1.807) is 0 Å². The molecule has 1 amide bonds. The summed E-state index contributed by atoms with van der Waals surface area (Å²) in [6.45, 7) is 0. The molecule has 1 N–H and O–H groups in total. The molecule has 1 aliphatic rings. The highest BCUT2D eigenvalue weighted by molar-refractivity contribution is 7.99. The molecule has 4 nitrogen and oxygen atoms in total. The van der Waals surface area contributed by atoms with Crippen molar-refractivity contribution in [2.45, 2.75) is 30.6 Å². The summed E-state index contributed by atoms with van der Waals surface area (Å²) in [4.78, 5) is 19.6. The molecular formula is C16H13F4N3OS. The van der Waals surface area contributed by atoms with Crippen LogP contribution in [0.1, 0.15) is 23.4 Å². The van der Waals surface area contributed by atoms with Gasteiger partial charge in [-0.15, -0.1) is 0 Å². The van der Waals surface area contributed by atoms with Gasteiger partial charge in [0.1, 0.15) is 5.82 Å². The van der Waals surface area contributed by atoms with Gasteiger partial charge in [-0.2, -0.15) is 13.2 Å². The Kier molecular flexibility index (Phi) is 4.94. The maximum Gasteiger partial charge on any atom is 0.433 e. The number of aryl methyl sites for hydroxylation is 1. The molecule has 25 heavy (non-hydrogen) atoms. The molecule has 0 spiro atoms. The van der Waals surface area contributed by atoms with E-state index in [1.807, 2.05) is 0 Å². The third-order valence-corrected chi connectivity index (χ3v) is 4.49. The number of nitrogens with zero attached hydrogens (tertiary/aromatic N) is 2. The Morgan fingerprint density at radius 2 is 1.88 bits per heavy atom. The van der Waals surface area contributed by atoms with Crippen LogP contribution in [0.25, 0.3) is 0 Å². The minimum Gasteiger partial charge on any atom is -0.325 e. The van der Waals surface area contributed by atoms with Crippen molar-refractivity contribution in [1.29, 1.82) is 0 Å². The van der Waals surface area contributed by atoms with Crippen LogP contribution in [0.15, 0.2) is 29.4 Å². The molecule has 1 aromatic carbocycles. The van der Waals surface area contributed by atoms with E-state index in [0.29, 0.717) is 30.6 Å². The number of aromatic nitrogens is 2. The van der Waals surface area contributed by atoms with E-state index in [-0.39, 0.29) is 16.5 Å². The van der Waals surface area contributed by atoms with E-state index in [9.17, 15) is 22.4 Å². The lowest BCUT2D eigenvalue weighted by atomic mass is 10.2. The van der Waals surface area contributed by atoms with Gasteiger partial charge in [-0.25, -0.2) is 14.4 Å². The molecular weight excluding hydrogens is 358 g/mol. The van der Waals surface area contributed by atoms with Crippen molar-refractivity contribution in [1.82, 2.24) is 9.97 Å². The fourth-order valence-corrected chi connectivity index (χ4v) is 3.23. The Balaban J connectivity index is 1.69. The van der Waals surface area contributed by atoms with Gasteiger partial charge in [0.05, 0.1) is 5.75 Å². The first-order valence-corrected chi connectivity index (χ1v) is 8.46. The summed E-state index contributed by atoms with van der Waals surface area (Å²) in [5.74, 6) is -1.01. The maximum atomic E-state index is 13.1. The molecule has 1 aromatic heterocycles. The van der Waals surface area contributed by atoms with Crippen LogP contribution in [0.2, 0.25) is 0 Å². The van der Waals surface area contributed by atoms with Gasteiger partial charge in [0.15, 0.2) is 10.9 Å². The molecule has 0 fully saturated rings. The average molecular weight is 371 g/mol. The van der Waals surface area contributed by atoms with Gasteiger partial charge in [-0.1, -0.05) is 11.8 Å². The summed E-state index contributed by atoms with van der Waals surface area (Å²) in [6, 6.07) is 5.18. The predicted molar refractivity (Wildman–Crippen MR) is 84.8 cm³/mol. The zero-order chi connectivity index (χ0) is 18.0. The number of amides is 1. The number of benzene rings is 1. The third-order valence-electron chi connectivity index (χ3n) is 3.64. The highest BCUT2D eigenvalue weighted by Gasteiger charge is 2.38. The molecule has 0 bridgehead atoms. The molecule has 132 valence electrons. The lowest BCUT2D eigenvalue weighted by Gasteiger charge is -2.12. The molecule has 0 radical (unpaired) electrons. The number of thioether (sulfide) groups is 1. The maximum absolute atomic E-state index is 13.1. The van der Waals surface area contributed by atoms with Gasteiger partial charge >= 0.3 is 6.18 Å². The second kappa shape index (κ2) is 6.99. The van der Waals surface area contributed by atoms with Crippen molar-refractivity contribution < 1.29 is 22.4 Å². The Labute approximate surface area is 145 Å². The van der Waals surface area contributed by atoms with Crippen LogP contribution in [0.4, 0.5) is 23.2 Å². The number of alkyl halides is 3. The molecule has 3 rings (SSSR count). The fraction of sp³-hybridized carbons (Fsp3) is 0.312.